The molecule has 1 fully saturated rings. The standard InChI is InChI=1S/C9H17NO2.ClH/c1-2-4-7-5-3-6-8(10-7)9(11)12;/h7-8,10H,2-6H2,1H3,(H,11,12);1H/t7-,8-;/m0./s1. The average molecular weight is 208 g/mol. The molecule has 0 spiro atoms. The highest BCUT2D eigenvalue weighted by molar-refractivity contribution is 5.71. The second kappa shape index (κ2) is 6.22. The third-order valence-corrected chi connectivity index (χ3v) is 2.57. The van der Waals surface area contributed by atoms with Gasteiger partial charge >= 0.3 is 5.97 Å². The smallest absolute Gasteiger partial charge is 0.362 e. The summed E-state index contributed by atoms with van der Waals surface area (Å²) in [5, 5.41) is 10.8. The largest absolute Gasteiger partial charge is 1.00 e. The number of piperidine rings is 1. The van der Waals surface area contributed by atoms with E-state index in [4.69, 9.17) is 5.11 Å². The molecule has 3 N–H and O–H groups in total. The van der Waals surface area contributed by atoms with Gasteiger partial charge in [-0.2, -0.15) is 0 Å². The Hall–Kier alpha value is -0.280. The topological polar surface area (TPSA) is 53.9 Å². The zero-order valence-electron chi connectivity index (χ0n) is 8.00. The first-order chi connectivity index (χ1) is 5.74. The lowest BCUT2D eigenvalue weighted by atomic mass is 9.96. The Morgan fingerprint density at radius 2 is 2.23 bits per heavy atom. The second-order valence-corrected chi connectivity index (χ2v) is 3.62. The van der Waals surface area contributed by atoms with Gasteiger partial charge in [0, 0.05) is 6.42 Å². The summed E-state index contributed by atoms with van der Waals surface area (Å²) in [6.45, 7) is 2.15. The minimum Gasteiger partial charge on any atom is -1.00 e. The number of carboxylic acids is 1. The quantitative estimate of drug-likeness (QED) is 0.532. The number of aliphatic carboxylic acids is 1. The summed E-state index contributed by atoms with van der Waals surface area (Å²) >= 11 is 0. The van der Waals surface area contributed by atoms with Crippen LogP contribution in [0.3, 0.4) is 0 Å². The van der Waals surface area contributed by atoms with Crippen LogP contribution in [0.2, 0.25) is 0 Å². The van der Waals surface area contributed by atoms with E-state index in [1.165, 1.54) is 6.42 Å². The van der Waals surface area contributed by atoms with Crippen LogP contribution in [0.5, 0.6) is 0 Å². The summed E-state index contributed by atoms with van der Waals surface area (Å²) in [4.78, 5) is 10.7. The van der Waals surface area contributed by atoms with Crippen LogP contribution in [-0.4, -0.2) is 23.2 Å². The van der Waals surface area contributed by atoms with Crippen LogP contribution in [0, 0.1) is 0 Å². The SMILES string of the molecule is CCC[C@H]1CCC[C@@H](C(=O)O)[NH2+]1.[Cl-]. The summed E-state index contributed by atoms with van der Waals surface area (Å²) < 4.78 is 0. The van der Waals surface area contributed by atoms with Crippen molar-refractivity contribution in [2.45, 2.75) is 51.1 Å². The molecule has 0 aromatic rings. The lowest BCUT2D eigenvalue weighted by molar-refractivity contribution is -0.719. The minimum atomic E-state index is -0.643. The van der Waals surface area contributed by atoms with Gasteiger partial charge < -0.3 is 22.8 Å². The summed E-state index contributed by atoms with van der Waals surface area (Å²) in [5.41, 5.74) is 0. The van der Waals surface area contributed by atoms with Crippen LogP contribution >= 0.6 is 0 Å². The Balaban J connectivity index is 0.00000144. The molecule has 1 rings (SSSR count). The van der Waals surface area contributed by atoms with Crippen molar-refractivity contribution in [1.82, 2.24) is 0 Å². The second-order valence-electron chi connectivity index (χ2n) is 3.62. The van der Waals surface area contributed by atoms with Crippen LogP contribution in [0.4, 0.5) is 0 Å². The highest BCUT2D eigenvalue weighted by Gasteiger charge is 2.29. The average Bonchev–Trinajstić information content (AvgIpc) is 2.05. The molecule has 78 valence electrons. The molecular weight excluding hydrogens is 190 g/mol. The van der Waals surface area contributed by atoms with Crippen molar-refractivity contribution in [2.75, 3.05) is 0 Å². The predicted molar refractivity (Wildman–Crippen MR) is 45.9 cm³/mol. The van der Waals surface area contributed by atoms with E-state index in [-0.39, 0.29) is 18.4 Å². The number of carbonyl (C=O) groups is 1. The van der Waals surface area contributed by atoms with Crippen molar-refractivity contribution in [3.8, 4) is 0 Å². The molecule has 0 radical (unpaired) electrons. The molecular formula is C9H18ClNO2. The van der Waals surface area contributed by atoms with E-state index in [0.717, 1.165) is 25.7 Å². The van der Waals surface area contributed by atoms with Crippen LogP contribution in [0.1, 0.15) is 39.0 Å². The first-order valence-electron chi connectivity index (χ1n) is 4.81. The molecule has 4 heteroatoms. The highest BCUT2D eigenvalue weighted by Crippen LogP contribution is 2.09. The van der Waals surface area contributed by atoms with Crippen LogP contribution in [-0.2, 0) is 4.79 Å². The number of carboxylic acid groups (broad SMARTS) is 1. The van der Waals surface area contributed by atoms with E-state index in [2.05, 4.69) is 6.92 Å². The maximum Gasteiger partial charge on any atom is 0.362 e. The molecule has 0 amide bonds. The van der Waals surface area contributed by atoms with Gasteiger partial charge in [-0.25, -0.2) is 4.79 Å². The highest BCUT2D eigenvalue weighted by atomic mass is 35.5. The number of hydrogen-bond acceptors (Lipinski definition) is 1. The van der Waals surface area contributed by atoms with Gasteiger partial charge in [0.1, 0.15) is 0 Å². The lowest BCUT2D eigenvalue weighted by Gasteiger charge is -2.24. The number of hydrogen-bond donors (Lipinski definition) is 2. The summed E-state index contributed by atoms with van der Waals surface area (Å²) in [5.74, 6) is -0.643. The minimum absolute atomic E-state index is 0. The zero-order chi connectivity index (χ0) is 8.97. The molecule has 0 aliphatic carbocycles. The fourth-order valence-corrected chi connectivity index (χ4v) is 1.94. The molecule has 1 aliphatic heterocycles. The van der Waals surface area contributed by atoms with Gasteiger partial charge in [-0.3, -0.25) is 0 Å². The number of nitrogens with two attached hydrogens (primary N) is 1. The Morgan fingerprint density at radius 3 is 2.77 bits per heavy atom. The molecule has 0 bridgehead atoms. The van der Waals surface area contributed by atoms with Crippen molar-refractivity contribution in [3.63, 3.8) is 0 Å². The van der Waals surface area contributed by atoms with E-state index >= 15 is 0 Å². The van der Waals surface area contributed by atoms with Crippen molar-refractivity contribution in [3.05, 3.63) is 0 Å². The molecule has 3 nitrogen and oxygen atoms in total. The number of halogens is 1. The molecule has 0 saturated carbocycles. The molecule has 0 unspecified atom stereocenters. The van der Waals surface area contributed by atoms with Gasteiger partial charge in [-0.1, -0.05) is 13.3 Å². The monoisotopic (exact) mass is 207 g/mol. The fourth-order valence-electron chi connectivity index (χ4n) is 1.94. The van der Waals surface area contributed by atoms with E-state index in [0.29, 0.717) is 6.04 Å². The van der Waals surface area contributed by atoms with E-state index in [1.807, 2.05) is 5.32 Å². The zero-order valence-corrected chi connectivity index (χ0v) is 8.76. The molecule has 0 aromatic heterocycles. The molecule has 2 atom stereocenters. The van der Waals surface area contributed by atoms with E-state index in [9.17, 15) is 4.79 Å². The third kappa shape index (κ3) is 3.96. The maximum absolute atomic E-state index is 10.7. The predicted octanol–water partition coefficient (Wildman–Crippen LogP) is -2.64. The van der Waals surface area contributed by atoms with Gasteiger partial charge in [0.25, 0.3) is 0 Å². The van der Waals surface area contributed by atoms with Gasteiger partial charge in [-0.15, -0.1) is 0 Å². The fraction of sp³-hybridized carbons (Fsp3) is 0.889. The lowest BCUT2D eigenvalue weighted by Crippen LogP contribution is -3.00. The first kappa shape index (κ1) is 12.7. The molecule has 1 saturated heterocycles. The van der Waals surface area contributed by atoms with Crippen LogP contribution < -0.4 is 17.7 Å². The number of rotatable bonds is 3. The Kier molecular flexibility index (Phi) is 6.08. The van der Waals surface area contributed by atoms with E-state index < -0.39 is 5.97 Å². The first-order valence-corrected chi connectivity index (χ1v) is 4.81. The third-order valence-electron chi connectivity index (χ3n) is 2.57. The molecule has 1 aliphatic rings. The maximum atomic E-state index is 10.7. The number of quaternary nitrogens is 1. The van der Waals surface area contributed by atoms with Gasteiger partial charge in [0.05, 0.1) is 6.04 Å². The molecule has 1 heterocycles. The summed E-state index contributed by atoms with van der Waals surface area (Å²) in [6.07, 6.45) is 5.43. The Morgan fingerprint density at radius 1 is 1.54 bits per heavy atom. The Bertz CT molecular complexity index is 162. The molecule has 0 aromatic carbocycles. The van der Waals surface area contributed by atoms with Crippen molar-refractivity contribution >= 4 is 5.97 Å². The van der Waals surface area contributed by atoms with Crippen LogP contribution in [0.15, 0.2) is 0 Å². The normalized spacial score (nSPS) is 27.8. The van der Waals surface area contributed by atoms with Crippen molar-refractivity contribution in [1.29, 1.82) is 0 Å². The van der Waals surface area contributed by atoms with Gasteiger partial charge in [-0.05, 0) is 19.3 Å². The van der Waals surface area contributed by atoms with Crippen molar-refractivity contribution in [2.24, 2.45) is 0 Å². The summed E-state index contributed by atoms with van der Waals surface area (Å²) in [7, 11) is 0. The van der Waals surface area contributed by atoms with Crippen LogP contribution in [0.25, 0.3) is 0 Å². The molecule has 13 heavy (non-hydrogen) atoms. The van der Waals surface area contributed by atoms with Crippen molar-refractivity contribution < 1.29 is 27.6 Å². The van der Waals surface area contributed by atoms with E-state index in [1.54, 1.807) is 0 Å². The van der Waals surface area contributed by atoms with Gasteiger partial charge in [0.15, 0.2) is 6.04 Å². The summed E-state index contributed by atoms with van der Waals surface area (Å²) in [6, 6.07) is 0.389. The van der Waals surface area contributed by atoms with Gasteiger partial charge in [0.2, 0.25) is 0 Å². The Labute approximate surface area is 85.3 Å².